The molecule has 0 saturated carbocycles. The number of halogens is 2. The molecular weight excluding hydrogens is 439 g/mol. The Balaban J connectivity index is 1.58. The first-order chi connectivity index (χ1) is 16.1. The van der Waals surface area contributed by atoms with Crippen LogP contribution in [0.15, 0.2) is 91.0 Å². The standard InChI is InChI=1S/C26H18ClFN4O/c27-21-9-5-4-8-20(21)23-14-24(26(33)29-16-17-10-12-19(28)13-11-17)32-25(30-23)15-22(31-32)18-6-2-1-3-7-18/h1-15H,16H2,(H,29,33). The predicted octanol–water partition coefficient (Wildman–Crippen LogP) is 5.79. The van der Waals surface area contributed by atoms with E-state index in [0.717, 1.165) is 16.7 Å². The van der Waals surface area contributed by atoms with Crippen LogP contribution in [0.4, 0.5) is 4.39 Å². The zero-order valence-electron chi connectivity index (χ0n) is 17.4. The number of carbonyl (C=O) groups excluding carboxylic acids is 1. The van der Waals surface area contributed by atoms with Gasteiger partial charge in [-0.25, -0.2) is 13.9 Å². The summed E-state index contributed by atoms with van der Waals surface area (Å²) in [5.74, 6) is -0.655. The maximum absolute atomic E-state index is 13.2. The molecular formula is C26H18ClFN4O. The summed E-state index contributed by atoms with van der Waals surface area (Å²) in [6.45, 7) is 0.247. The SMILES string of the molecule is O=C(NCc1ccc(F)cc1)c1cc(-c2ccccc2Cl)nc2cc(-c3ccccc3)nn12. The van der Waals surface area contributed by atoms with Crippen LogP contribution >= 0.6 is 11.6 Å². The average molecular weight is 457 g/mol. The highest BCUT2D eigenvalue weighted by Crippen LogP contribution is 2.28. The fraction of sp³-hybridized carbons (Fsp3) is 0.0385. The molecule has 5 aromatic rings. The van der Waals surface area contributed by atoms with Gasteiger partial charge in [-0.1, -0.05) is 72.3 Å². The quantitative estimate of drug-likeness (QED) is 0.364. The van der Waals surface area contributed by atoms with Crippen molar-refractivity contribution in [2.24, 2.45) is 0 Å². The van der Waals surface area contributed by atoms with Gasteiger partial charge in [-0.05, 0) is 29.8 Å². The van der Waals surface area contributed by atoms with E-state index in [9.17, 15) is 9.18 Å². The number of benzene rings is 3. The van der Waals surface area contributed by atoms with Crippen molar-refractivity contribution in [3.8, 4) is 22.5 Å². The van der Waals surface area contributed by atoms with Crippen LogP contribution in [0.3, 0.4) is 0 Å². The Morgan fingerprint density at radius 1 is 0.909 bits per heavy atom. The summed E-state index contributed by atoms with van der Waals surface area (Å²) in [6, 6.07) is 26.5. The molecule has 5 rings (SSSR count). The Kier molecular flexibility index (Phi) is 5.59. The fourth-order valence-electron chi connectivity index (χ4n) is 3.57. The monoisotopic (exact) mass is 456 g/mol. The molecule has 0 saturated heterocycles. The average Bonchev–Trinajstić information content (AvgIpc) is 3.28. The number of amides is 1. The normalized spacial score (nSPS) is 11.0. The van der Waals surface area contributed by atoms with Crippen LogP contribution in [0.5, 0.6) is 0 Å². The summed E-state index contributed by atoms with van der Waals surface area (Å²) in [5.41, 5.74) is 4.53. The number of nitrogens with one attached hydrogen (secondary N) is 1. The first-order valence-electron chi connectivity index (χ1n) is 10.3. The Morgan fingerprint density at radius 3 is 2.39 bits per heavy atom. The van der Waals surface area contributed by atoms with E-state index in [1.807, 2.05) is 54.6 Å². The maximum atomic E-state index is 13.2. The van der Waals surface area contributed by atoms with E-state index in [2.05, 4.69) is 10.4 Å². The number of rotatable bonds is 5. The largest absolute Gasteiger partial charge is 0.347 e. The van der Waals surface area contributed by atoms with Crippen LogP contribution in [0.1, 0.15) is 16.1 Å². The molecule has 0 unspecified atom stereocenters. The Bertz CT molecular complexity index is 1450. The van der Waals surface area contributed by atoms with Crippen molar-refractivity contribution in [3.63, 3.8) is 0 Å². The molecule has 3 aromatic carbocycles. The third-order valence-electron chi connectivity index (χ3n) is 5.25. The van der Waals surface area contributed by atoms with Gasteiger partial charge in [0, 0.05) is 28.8 Å². The fourth-order valence-corrected chi connectivity index (χ4v) is 3.80. The number of nitrogens with zero attached hydrogens (tertiary/aromatic N) is 3. The molecule has 0 spiro atoms. The smallest absolute Gasteiger partial charge is 0.270 e. The summed E-state index contributed by atoms with van der Waals surface area (Å²) >= 11 is 6.40. The van der Waals surface area contributed by atoms with E-state index >= 15 is 0 Å². The highest BCUT2D eigenvalue weighted by molar-refractivity contribution is 6.33. The molecule has 33 heavy (non-hydrogen) atoms. The minimum atomic E-state index is -0.331. The molecule has 0 bridgehead atoms. The molecule has 1 N–H and O–H groups in total. The lowest BCUT2D eigenvalue weighted by Crippen LogP contribution is -2.25. The van der Waals surface area contributed by atoms with Crippen LogP contribution in [0.2, 0.25) is 5.02 Å². The molecule has 5 nitrogen and oxygen atoms in total. The Labute approximate surface area is 194 Å². The van der Waals surface area contributed by atoms with E-state index in [1.54, 1.807) is 24.3 Å². The van der Waals surface area contributed by atoms with Crippen molar-refractivity contribution < 1.29 is 9.18 Å². The zero-order chi connectivity index (χ0) is 22.8. The lowest BCUT2D eigenvalue weighted by atomic mass is 10.1. The topological polar surface area (TPSA) is 59.3 Å². The molecule has 2 aromatic heterocycles. The minimum absolute atomic E-state index is 0.247. The van der Waals surface area contributed by atoms with Gasteiger partial charge in [0.25, 0.3) is 5.91 Å². The first kappa shape index (κ1) is 20.8. The van der Waals surface area contributed by atoms with Gasteiger partial charge in [-0.15, -0.1) is 0 Å². The molecule has 7 heteroatoms. The minimum Gasteiger partial charge on any atom is -0.347 e. The van der Waals surface area contributed by atoms with Crippen molar-refractivity contribution in [3.05, 3.63) is 113 Å². The van der Waals surface area contributed by atoms with Crippen molar-refractivity contribution in [1.29, 1.82) is 0 Å². The van der Waals surface area contributed by atoms with Gasteiger partial charge in [0.05, 0.1) is 11.4 Å². The van der Waals surface area contributed by atoms with Crippen molar-refractivity contribution in [2.75, 3.05) is 0 Å². The lowest BCUT2D eigenvalue weighted by molar-refractivity contribution is 0.0943. The highest BCUT2D eigenvalue weighted by atomic mass is 35.5. The molecule has 0 aliphatic heterocycles. The van der Waals surface area contributed by atoms with Gasteiger partial charge in [-0.2, -0.15) is 5.10 Å². The van der Waals surface area contributed by atoms with Crippen LogP contribution in [0.25, 0.3) is 28.2 Å². The Morgan fingerprint density at radius 2 is 1.64 bits per heavy atom. The summed E-state index contributed by atoms with van der Waals surface area (Å²) in [7, 11) is 0. The maximum Gasteiger partial charge on any atom is 0.270 e. The molecule has 1 amide bonds. The number of carbonyl (C=O) groups is 1. The summed E-state index contributed by atoms with van der Waals surface area (Å²) in [6.07, 6.45) is 0. The van der Waals surface area contributed by atoms with Crippen LogP contribution < -0.4 is 5.32 Å². The van der Waals surface area contributed by atoms with Gasteiger partial charge >= 0.3 is 0 Å². The number of aromatic nitrogens is 3. The molecule has 0 atom stereocenters. The molecule has 162 valence electrons. The van der Waals surface area contributed by atoms with Crippen LogP contribution in [0, 0.1) is 5.82 Å². The lowest BCUT2D eigenvalue weighted by Gasteiger charge is -2.10. The van der Waals surface area contributed by atoms with Crippen molar-refractivity contribution >= 4 is 23.2 Å². The van der Waals surface area contributed by atoms with Crippen molar-refractivity contribution in [2.45, 2.75) is 6.54 Å². The molecule has 0 radical (unpaired) electrons. The molecule has 0 fully saturated rings. The second kappa shape index (κ2) is 8.84. The van der Waals surface area contributed by atoms with Crippen molar-refractivity contribution in [1.82, 2.24) is 19.9 Å². The zero-order valence-corrected chi connectivity index (χ0v) is 18.1. The summed E-state index contributed by atoms with van der Waals surface area (Å²) in [4.78, 5) is 17.9. The number of hydrogen-bond donors (Lipinski definition) is 1. The predicted molar refractivity (Wildman–Crippen MR) is 126 cm³/mol. The molecule has 2 heterocycles. The number of fused-ring (bicyclic) bond motifs is 1. The number of hydrogen-bond acceptors (Lipinski definition) is 3. The van der Waals surface area contributed by atoms with Gasteiger partial charge in [0.1, 0.15) is 11.5 Å². The van der Waals surface area contributed by atoms with Crippen LogP contribution in [-0.4, -0.2) is 20.5 Å². The van der Waals surface area contributed by atoms with E-state index in [-0.39, 0.29) is 18.3 Å². The van der Waals surface area contributed by atoms with Crippen LogP contribution in [-0.2, 0) is 6.54 Å². The highest BCUT2D eigenvalue weighted by Gasteiger charge is 2.18. The summed E-state index contributed by atoms with van der Waals surface area (Å²) in [5, 5.41) is 8.06. The van der Waals surface area contributed by atoms with Gasteiger partial charge in [0.2, 0.25) is 0 Å². The Hall–Kier alpha value is -4.03. The summed E-state index contributed by atoms with van der Waals surface area (Å²) < 4.78 is 14.7. The van der Waals surface area contributed by atoms with E-state index in [0.29, 0.717) is 27.8 Å². The van der Waals surface area contributed by atoms with E-state index in [4.69, 9.17) is 16.6 Å². The molecule has 0 aliphatic rings. The second-order valence-corrected chi connectivity index (χ2v) is 7.89. The van der Waals surface area contributed by atoms with E-state index in [1.165, 1.54) is 16.6 Å². The first-order valence-corrected chi connectivity index (χ1v) is 10.7. The van der Waals surface area contributed by atoms with E-state index < -0.39 is 0 Å². The third-order valence-corrected chi connectivity index (χ3v) is 5.58. The second-order valence-electron chi connectivity index (χ2n) is 7.48. The van der Waals surface area contributed by atoms with Gasteiger partial charge in [0.15, 0.2) is 5.65 Å². The third kappa shape index (κ3) is 4.33. The van der Waals surface area contributed by atoms with Gasteiger partial charge < -0.3 is 5.32 Å². The molecule has 0 aliphatic carbocycles. The van der Waals surface area contributed by atoms with Gasteiger partial charge in [-0.3, -0.25) is 4.79 Å².